The first kappa shape index (κ1) is 26.2. The molecule has 0 bridgehead atoms. The second-order valence-electron chi connectivity index (χ2n) is 8.51. The van der Waals surface area contributed by atoms with Gasteiger partial charge in [0.2, 0.25) is 0 Å². The number of rotatable bonds is 10. The molecule has 0 aliphatic carbocycles. The molecule has 0 unspecified atom stereocenters. The molecule has 0 amide bonds. The van der Waals surface area contributed by atoms with Crippen LogP contribution in [0.3, 0.4) is 0 Å². The Bertz CT molecular complexity index is 1460. The third-order valence-corrected chi connectivity index (χ3v) is 7.96. The number of nitrogens with one attached hydrogen (secondary N) is 1. The molecule has 0 radical (unpaired) electrons. The number of nitrogens with zero attached hydrogens (tertiary/aromatic N) is 6. The summed E-state index contributed by atoms with van der Waals surface area (Å²) in [4.78, 5) is 8.54. The lowest BCUT2D eigenvalue weighted by molar-refractivity contribution is 0.0947. The molecule has 4 rings (SSSR count). The van der Waals surface area contributed by atoms with Crippen LogP contribution in [0, 0.1) is 13.8 Å². The Balaban J connectivity index is 1.82. The van der Waals surface area contributed by atoms with Crippen molar-refractivity contribution in [2.75, 3.05) is 21.3 Å². The van der Waals surface area contributed by atoms with E-state index >= 15 is 0 Å². The highest BCUT2D eigenvalue weighted by atomic mass is 32.2. The molecule has 13 heteroatoms. The molecule has 3 heterocycles. The minimum Gasteiger partial charge on any atom is -0.494 e. The van der Waals surface area contributed by atoms with E-state index in [1.54, 1.807) is 48.1 Å². The third-order valence-electron chi connectivity index (χ3n) is 5.92. The van der Waals surface area contributed by atoms with Gasteiger partial charge in [0.05, 0.1) is 19.5 Å². The van der Waals surface area contributed by atoms with Crippen molar-refractivity contribution in [2.45, 2.75) is 37.9 Å². The largest absolute Gasteiger partial charge is 0.494 e. The van der Waals surface area contributed by atoms with Crippen molar-refractivity contribution < 1.29 is 22.6 Å². The lowest BCUT2D eigenvalue weighted by atomic mass is 10.2. The number of aryl methyl sites for hydroxylation is 2. The van der Waals surface area contributed by atoms with Crippen LogP contribution in [0.2, 0.25) is 0 Å². The highest BCUT2D eigenvalue weighted by molar-refractivity contribution is 7.91. The number of hydrogen-bond donors (Lipinski definition) is 1. The zero-order chi connectivity index (χ0) is 26.7. The van der Waals surface area contributed by atoms with E-state index in [0.717, 1.165) is 11.3 Å². The summed E-state index contributed by atoms with van der Waals surface area (Å²) in [6, 6.07) is 7.05. The predicted octanol–water partition coefficient (Wildman–Crippen LogP) is 2.77. The molecule has 0 saturated heterocycles. The number of H-pyrrole nitrogens is 1. The Morgan fingerprint density at radius 2 is 1.68 bits per heavy atom. The summed E-state index contributed by atoms with van der Waals surface area (Å²) >= 11 is 0. The Labute approximate surface area is 215 Å². The van der Waals surface area contributed by atoms with Gasteiger partial charge in [-0.25, -0.2) is 18.4 Å². The summed E-state index contributed by atoms with van der Waals surface area (Å²) in [6.07, 6.45) is 2.36. The SMILES string of the molecule is COc1cccc(OC)c1-n1c(CS(=O)(=O)[C@@H](C)[C@H](OC)c2ncc(C)cn2)nnc1-c1cc(C)[nH]n1. The van der Waals surface area contributed by atoms with Gasteiger partial charge < -0.3 is 14.2 Å². The monoisotopic (exact) mass is 527 g/mol. The van der Waals surface area contributed by atoms with Gasteiger partial charge in [-0.15, -0.1) is 10.2 Å². The van der Waals surface area contributed by atoms with Crippen molar-refractivity contribution in [3.8, 4) is 28.7 Å². The molecule has 0 aliphatic heterocycles. The molecule has 1 aromatic carbocycles. The van der Waals surface area contributed by atoms with E-state index in [0.29, 0.717) is 28.7 Å². The molecular weight excluding hydrogens is 498 g/mol. The van der Waals surface area contributed by atoms with Gasteiger partial charge in [-0.3, -0.25) is 9.67 Å². The van der Waals surface area contributed by atoms with Crippen LogP contribution in [0.4, 0.5) is 0 Å². The molecule has 37 heavy (non-hydrogen) atoms. The lowest BCUT2D eigenvalue weighted by Gasteiger charge is -2.22. The van der Waals surface area contributed by atoms with Crippen LogP contribution in [0.5, 0.6) is 11.5 Å². The van der Waals surface area contributed by atoms with E-state index in [1.165, 1.54) is 21.3 Å². The van der Waals surface area contributed by atoms with Crippen molar-refractivity contribution in [3.63, 3.8) is 0 Å². The smallest absolute Gasteiger partial charge is 0.189 e. The molecule has 12 nitrogen and oxygen atoms in total. The van der Waals surface area contributed by atoms with Gasteiger partial charge in [-0.05, 0) is 44.5 Å². The standard InChI is InChI=1S/C24H29N7O5S/c1-14-11-25-23(26-12-14)22(36-6)16(3)37(32,33)13-20-29-30-24(17-10-15(2)27-28-17)31(20)21-18(34-4)8-7-9-19(21)35-5/h7-12,16,22H,13H2,1-6H3,(H,27,28)/t16-,22-/m0/s1. The molecule has 0 spiro atoms. The van der Waals surface area contributed by atoms with E-state index in [2.05, 4.69) is 30.4 Å². The first-order valence-electron chi connectivity index (χ1n) is 11.4. The van der Waals surface area contributed by atoms with Crippen molar-refractivity contribution in [1.82, 2.24) is 34.9 Å². The second-order valence-corrected chi connectivity index (χ2v) is 10.9. The molecule has 196 valence electrons. The van der Waals surface area contributed by atoms with Crippen molar-refractivity contribution >= 4 is 9.84 Å². The number of ether oxygens (including phenoxy) is 3. The summed E-state index contributed by atoms with van der Waals surface area (Å²) in [5, 5.41) is 14.8. The maximum atomic E-state index is 13.7. The average Bonchev–Trinajstić information content (AvgIpc) is 3.50. The number of aromatic amines is 1. The fourth-order valence-corrected chi connectivity index (χ4v) is 5.37. The van der Waals surface area contributed by atoms with Crippen LogP contribution < -0.4 is 9.47 Å². The summed E-state index contributed by atoms with van der Waals surface area (Å²) in [5.41, 5.74) is 2.60. The van der Waals surface area contributed by atoms with E-state index in [9.17, 15) is 8.42 Å². The van der Waals surface area contributed by atoms with Gasteiger partial charge in [0.25, 0.3) is 0 Å². The Morgan fingerprint density at radius 3 is 2.22 bits per heavy atom. The first-order valence-corrected chi connectivity index (χ1v) is 13.1. The molecule has 0 saturated carbocycles. The molecule has 1 N–H and O–H groups in total. The maximum Gasteiger partial charge on any atom is 0.189 e. The molecule has 0 aliphatic rings. The van der Waals surface area contributed by atoms with Crippen LogP contribution in [0.15, 0.2) is 36.7 Å². The lowest BCUT2D eigenvalue weighted by Crippen LogP contribution is -2.30. The third kappa shape index (κ3) is 5.18. The van der Waals surface area contributed by atoms with Crippen molar-refractivity contribution in [1.29, 1.82) is 0 Å². The summed E-state index contributed by atoms with van der Waals surface area (Å²) < 4.78 is 45.7. The number of aromatic nitrogens is 7. The predicted molar refractivity (Wildman–Crippen MR) is 135 cm³/mol. The van der Waals surface area contributed by atoms with Gasteiger partial charge in [-0.1, -0.05) is 6.07 Å². The fourth-order valence-electron chi connectivity index (χ4n) is 3.95. The molecule has 2 atom stereocenters. The zero-order valence-electron chi connectivity index (χ0n) is 21.5. The van der Waals surface area contributed by atoms with Crippen LogP contribution in [0.1, 0.15) is 35.9 Å². The van der Waals surface area contributed by atoms with E-state index in [4.69, 9.17) is 14.2 Å². The van der Waals surface area contributed by atoms with Gasteiger partial charge in [-0.2, -0.15) is 5.10 Å². The van der Waals surface area contributed by atoms with Crippen molar-refractivity contribution in [2.24, 2.45) is 0 Å². The Morgan fingerprint density at radius 1 is 1.03 bits per heavy atom. The second kappa shape index (κ2) is 10.6. The number of benzene rings is 1. The Hall–Kier alpha value is -3.84. The number of methoxy groups -OCH3 is 3. The van der Waals surface area contributed by atoms with Gasteiger partial charge >= 0.3 is 0 Å². The van der Waals surface area contributed by atoms with E-state index in [-0.39, 0.29) is 11.6 Å². The summed E-state index contributed by atoms with van der Waals surface area (Å²) in [5.74, 6) is 1.21. The number of para-hydroxylation sites is 1. The van der Waals surface area contributed by atoms with Gasteiger partial charge in [0.1, 0.15) is 34.7 Å². The highest BCUT2D eigenvalue weighted by Crippen LogP contribution is 2.37. The van der Waals surface area contributed by atoms with Crippen LogP contribution in [-0.4, -0.2) is 69.9 Å². The molecule has 4 aromatic rings. The van der Waals surface area contributed by atoms with Crippen LogP contribution >= 0.6 is 0 Å². The highest BCUT2D eigenvalue weighted by Gasteiger charge is 2.35. The maximum absolute atomic E-state index is 13.7. The van der Waals surface area contributed by atoms with Gasteiger partial charge in [0.15, 0.2) is 27.3 Å². The minimum atomic E-state index is -3.85. The molecule has 3 aromatic heterocycles. The van der Waals surface area contributed by atoms with E-state index in [1.807, 2.05) is 13.8 Å². The fraction of sp³-hybridized carbons (Fsp3) is 0.375. The van der Waals surface area contributed by atoms with Gasteiger partial charge in [0, 0.05) is 25.2 Å². The van der Waals surface area contributed by atoms with Crippen LogP contribution in [-0.2, 0) is 20.3 Å². The van der Waals surface area contributed by atoms with Crippen LogP contribution in [0.25, 0.3) is 17.2 Å². The Kier molecular flexibility index (Phi) is 7.55. The first-order chi connectivity index (χ1) is 17.7. The summed E-state index contributed by atoms with van der Waals surface area (Å²) in [6.45, 7) is 5.27. The molecule has 0 fully saturated rings. The number of hydrogen-bond acceptors (Lipinski definition) is 10. The normalized spacial score (nSPS) is 13.4. The topological polar surface area (TPSA) is 147 Å². The van der Waals surface area contributed by atoms with E-state index < -0.39 is 26.9 Å². The minimum absolute atomic E-state index is 0.157. The van der Waals surface area contributed by atoms with Crippen molar-refractivity contribution in [3.05, 3.63) is 59.6 Å². The number of sulfone groups is 1. The summed E-state index contributed by atoms with van der Waals surface area (Å²) in [7, 11) is 0.612. The quantitative estimate of drug-likeness (QED) is 0.326. The molecular formula is C24H29N7O5S. The average molecular weight is 528 g/mol. The zero-order valence-corrected chi connectivity index (χ0v) is 22.3.